The third kappa shape index (κ3) is 3.26. The molecule has 1 aromatic carbocycles. The highest BCUT2D eigenvalue weighted by Crippen LogP contribution is 2.37. The van der Waals surface area contributed by atoms with Crippen LogP contribution < -0.4 is 15.0 Å². The molecule has 2 heterocycles. The summed E-state index contributed by atoms with van der Waals surface area (Å²) in [7, 11) is 5.09. The fourth-order valence-electron chi connectivity index (χ4n) is 3.45. The number of aryl methyl sites for hydroxylation is 1. The van der Waals surface area contributed by atoms with Gasteiger partial charge in [-0.15, -0.1) is 0 Å². The van der Waals surface area contributed by atoms with Gasteiger partial charge < -0.3 is 24.3 Å². The Bertz CT molecular complexity index is 828. The number of hydrogen-bond acceptors (Lipinski definition) is 4. The number of fused-ring (bicyclic) bond motifs is 1. The number of aromatic nitrogens is 1. The first-order valence-electron chi connectivity index (χ1n) is 8.82. The van der Waals surface area contributed by atoms with Crippen LogP contribution in [-0.4, -0.2) is 50.3 Å². The molecule has 7 heteroatoms. The van der Waals surface area contributed by atoms with Crippen molar-refractivity contribution >= 4 is 28.4 Å². The Hall–Kier alpha value is -2.54. The first kappa shape index (κ1) is 18.3. The van der Waals surface area contributed by atoms with E-state index in [4.69, 9.17) is 9.47 Å². The molecule has 1 saturated heterocycles. The number of nitrogens with one attached hydrogen (secondary N) is 1. The number of amides is 2. The number of hydrogen-bond donors (Lipinski definition) is 1. The minimum Gasteiger partial charge on any atom is -0.497 e. The number of rotatable bonds is 7. The minimum atomic E-state index is -0.187. The van der Waals surface area contributed by atoms with Crippen LogP contribution in [0, 0.1) is 0 Å². The van der Waals surface area contributed by atoms with Gasteiger partial charge in [0.15, 0.2) is 0 Å². The van der Waals surface area contributed by atoms with E-state index < -0.39 is 0 Å². The standard InChI is InChI=1S/C19H25N3O4/c1-21-15-8-7-13(26-3)12-14(15)17(22-10-4-6-16(22)23)18(21)19(24)20-9-5-11-25-2/h7-8,12H,4-6,9-11H2,1-3H3,(H,20,24). The zero-order valence-corrected chi connectivity index (χ0v) is 15.5. The Labute approximate surface area is 152 Å². The molecule has 1 aliphatic heterocycles. The summed E-state index contributed by atoms with van der Waals surface area (Å²) in [6.45, 7) is 1.73. The third-order valence-corrected chi connectivity index (χ3v) is 4.75. The van der Waals surface area contributed by atoms with Crippen LogP contribution in [0.2, 0.25) is 0 Å². The fourth-order valence-corrected chi connectivity index (χ4v) is 3.45. The Kier molecular flexibility index (Phi) is 5.46. The summed E-state index contributed by atoms with van der Waals surface area (Å²) < 4.78 is 12.2. The Morgan fingerprint density at radius 2 is 2.12 bits per heavy atom. The fraction of sp³-hybridized carbons (Fsp3) is 0.474. The second-order valence-electron chi connectivity index (χ2n) is 6.39. The largest absolute Gasteiger partial charge is 0.497 e. The van der Waals surface area contributed by atoms with Crippen molar-refractivity contribution in [3.05, 3.63) is 23.9 Å². The Balaban J connectivity index is 2.06. The molecule has 140 valence electrons. The first-order valence-corrected chi connectivity index (χ1v) is 8.82. The molecule has 1 aromatic heterocycles. The molecule has 7 nitrogen and oxygen atoms in total. The van der Waals surface area contributed by atoms with E-state index in [1.807, 2.05) is 29.8 Å². The lowest BCUT2D eigenvalue weighted by Gasteiger charge is -2.18. The molecule has 0 radical (unpaired) electrons. The molecule has 1 aliphatic rings. The molecule has 0 bridgehead atoms. The van der Waals surface area contributed by atoms with Crippen molar-refractivity contribution in [2.75, 3.05) is 38.8 Å². The van der Waals surface area contributed by atoms with Crippen LogP contribution in [0.3, 0.4) is 0 Å². The lowest BCUT2D eigenvalue weighted by atomic mass is 10.2. The highest BCUT2D eigenvalue weighted by atomic mass is 16.5. The number of ether oxygens (including phenoxy) is 2. The average Bonchev–Trinajstić information content (AvgIpc) is 3.19. The molecule has 2 aromatic rings. The van der Waals surface area contributed by atoms with Gasteiger partial charge in [-0.3, -0.25) is 9.59 Å². The van der Waals surface area contributed by atoms with Crippen molar-refractivity contribution in [3.63, 3.8) is 0 Å². The summed E-state index contributed by atoms with van der Waals surface area (Å²) in [5, 5.41) is 3.78. The topological polar surface area (TPSA) is 72.8 Å². The van der Waals surface area contributed by atoms with Gasteiger partial charge in [0.05, 0.1) is 18.3 Å². The van der Waals surface area contributed by atoms with Crippen molar-refractivity contribution in [2.45, 2.75) is 19.3 Å². The van der Waals surface area contributed by atoms with E-state index in [2.05, 4.69) is 5.32 Å². The third-order valence-electron chi connectivity index (χ3n) is 4.75. The summed E-state index contributed by atoms with van der Waals surface area (Å²) in [4.78, 5) is 27.0. The Morgan fingerprint density at radius 3 is 2.77 bits per heavy atom. The molecular formula is C19H25N3O4. The quantitative estimate of drug-likeness (QED) is 0.768. The summed E-state index contributed by atoms with van der Waals surface area (Å²) >= 11 is 0. The first-order chi connectivity index (χ1) is 12.6. The summed E-state index contributed by atoms with van der Waals surface area (Å²) in [5.74, 6) is 0.560. The highest BCUT2D eigenvalue weighted by Gasteiger charge is 2.31. The number of carbonyl (C=O) groups excluding carboxylic acids is 2. The maximum atomic E-state index is 12.9. The second kappa shape index (κ2) is 7.78. The molecule has 0 unspecified atom stereocenters. The number of nitrogens with zero attached hydrogens (tertiary/aromatic N) is 2. The smallest absolute Gasteiger partial charge is 0.270 e. The van der Waals surface area contributed by atoms with Gasteiger partial charge in [0.1, 0.15) is 11.4 Å². The predicted octanol–water partition coefficient (Wildman–Crippen LogP) is 2.08. The second-order valence-corrected chi connectivity index (χ2v) is 6.39. The van der Waals surface area contributed by atoms with Crippen LogP contribution in [0.1, 0.15) is 29.8 Å². The van der Waals surface area contributed by atoms with Gasteiger partial charge in [0.2, 0.25) is 5.91 Å². The van der Waals surface area contributed by atoms with E-state index in [9.17, 15) is 9.59 Å². The molecule has 3 rings (SSSR count). The van der Waals surface area contributed by atoms with E-state index in [0.717, 1.165) is 23.7 Å². The number of benzene rings is 1. The lowest BCUT2D eigenvalue weighted by Crippen LogP contribution is -2.31. The van der Waals surface area contributed by atoms with Crippen molar-refractivity contribution < 1.29 is 19.1 Å². The average molecular weight is 359 g/mol. The zero-order valence-electron chi connectivity index (χ0n) is 15.5. The minimum absolute atomic E-state index is 0.0498. The van der Waals surface area contributed by atoms with Crippen LogP contribution >= 0.6 is 0 Å². The summed E-state index contributed by atoms with van der Waals surface area (Å²) in [6.07, 6.45) is 2.04. The molecule has 26 heavy (non-hydrogen) atoms. The molecule has 0 saturated carbocycles. The van der Waals surface area contributed by atoms with Gasteiger partial charge in [0, 0.05) is 45.7 Å². The van der Waals surface area contributed by atoms with Crippen molar-refractivity contribution in [3.8, 4) is 5.75 Å². The highest BCUT2D eigenvalue weighted by molar-refractivity contribution is 6.14. The molecule has 1 fully saturated rings. The molecule has 0 atom stereocenters. The molecule has 1 N–H and O–H groups in total. The maximum absolute atomic E-state index is 12.9. The van der Waals surface area contributed by atoms with Gasteiger partial charge in [0.25, 0.3) is 5.91 Å². The van der Waals surface area contributed by atoms with Gasteiger partial charge >= 0.3 is 0 Å². The van der Waals surface area contributed by atoms with Crippen molar-refractivity contribution in [1.29, 1.82) is 0 Å². The number of anilines is 1. The number of methoxy groups -OCH3 is 2. The van der Waals surface area contributed by atoms with Crippen molar-refractivity contribution in [1.82, 2.24) is 9.88 Å². The number of carbonyl (C=O) groups is 2. The Morgan fingerprint density at radius 1 is 1.31 bits per heavy atom. The van der Waals surface area contributed by atoms with Crippen LogP contribution in [0.5, 0.6) is 5.75 Å². The summed E-state index contributed by atoms with van der Waals surface area (Å²) in [6, 6.07) is 5.66. The normalized spacial score (nSPS) is 14.3. The zero-order chi connectivity index (χ0) is 18.7. The van der Waals surface area contributed by atoms with Gasteiger partial charge in [-0.1, -0.05) is 0 Å². The van der Waals surface area contributed by atoms with E-state index >= 15 is 0 Å². The van der Waals surface area contributed by atoms with Gasteiger partial charge in [-0.25, -0.2) is 0 Å². The van der Waals surface area contributed by atoms with E-state index in [0.29, 0.717) is 43.2 Å². The van der Waals surface area contributed by atoms with Crippen LogP contribution in [0.25, 0.3) is 10.9 Å². The van der Waals surface area contributed by atoms with Crippen molar-refractivity contribution in [2.24, 2.45) is 7.05 Å². The van der Waals surface area contributed by atoms with E-state index in [-0.39, 0.29) is 11.8 Å². The van der Waals surface area contributed by atoms with Gasteiger partial charge in [-0.2, -0.15) is 0 Å². The van der Waals surface area contributed by atoms with E-state index in [1.165, 1.54) is 0 Å². The van der Waals surface area contributed by atoms with Crippen LogP contribution in [0.15, 0.2) is 18.2 Å². The van der Waals surface area contributed by atoms with Gasteiger partial charge in [-0.05, 0) is 31.0 Å². The molecule has 2 amide bonds. The molecule has 0 aliphatic carbocycles. The van der Waals surface area contributed by atoms with E-state index in [1.54, 1.807) is 19.1 Å². The maximum Gasteiger partial charge on any atom is 0.270 e. The summed E-state index contributed by atoms with van der Waals surface area (Å²) in [5.41, 5.74) is 2.07. The van der Waals surface area contributed by atoms with Crippen LogP contribution in [-0.2, 0) is 16.6 Å². The SMILES string of the molecule is COCCCNC(=O)c1c(N2CCCC2=O)c2cc(OC)ccc2n1C. The van der Waals surface area contributed by atoms with Crippen LogP contribution in [0.4, 0.5) is 5.69 Å². The predicted molar refractivity (Wildman–Crippen MR) is 99.9 cm³/mol. The molecule has 0 spiro atoms. The lowest BCUT2D eigenvalue weighted by molar-refractivity contribution is -0.117. The molecular weight excluding hydrogens is 334 g/mol. The monoisotopic (exact) mass is 359 g/mol.